The lowest BCUT2D eigenvalue weighted by atomic mass is 9.87. The summed E-state index contributed by atoms with van der Waals surface area (Å²) in [5, 5.41) is 12.6. The van der Waals surface area contributed by atoms with Gasteiger partial charge in [-0.3, -0.25) is 0 Å². The van der Waals surface area contributed by atoms with Crippen molar-refractivity contribution in [3.05, 3.63) is 0 Å². The Morgan fingerprint density at radius 2 is 1.87 bits per heavy atom. The van der Waals surface area contributed by atoms with E-state index in [0.717, 1.165) is 19.0 Å². The Labute approximate surface area is 94.5 Å². The highest BCUT2D eigenvalue weighted by Gasteiger charge is 2.16. The quantitative estimate of drug-likeness (QED) is 0.665. The Kier molecular flexibility index (Phi) is 5.62. The fraction of sp³-hybridized carbons (Fsp3) is 1.00. The molecule has 0 atom stereocenters. The number of hydrogen-bond donors (Lipinski definition) is 2. The van der Waals surface area contributed by atoms with Gasteiger partial charge in [0.25, 0.3) is 0 Å². The van der Waals surface area contributed by atoms with E-state index in [-0.39, 0.29) is 12.0 Å². The molecule has 2 N–H and O–H groups in total. The zero-order valence-corrected chi connectivity index (χ0v) is 10.4. The number of aliphatic hydroxyl groups excluding tert-OH is 1. The molecule has 0 bridgehead atoms. The van der Waals surface area contributed by atoms with Crippen LogP contribution in [-0.4, -0.2) is 24.8 Å². The molecule has 0 aromatic rings. The maximum atomic E-state index is 9.10. The Morgan fingerprint density at radius 1 is 1.20 bits per heavy atom. The number of aliphatic hydroxyl groups is 1. The third kappa shape index (κ3) is 5.53. The lowest BCUT2D eigenvalue weighted by molar-refractivity contribution is 0.156. The van der Waals surface area contributed by atoms with Crippen molar-refractivity contribution in [2.75, 3.05) is 19.7 Å². The van der Waals surface area contributed by atoms with Crippen molar-refractivity contribution >= 4 is 0 Å². The van der Waals surface area contributed by atoms with Crippen LogP contribution < -0.4 is 5.32 Å². The summed E-state index contributed by atoms with van der Waals surface area (Å²) in [7, 11) is 0. The molecule has 1 fully saturated rings. The molecular weight excluding hydrogens is 186 g/mol. The van der Waals surface area contributed by atoms with Crippen LogP contribution in [0.3, 0.4) is 0 Å². The van der Waals surface area contributed by atoms with Gasteiger partial charge in [-0.25, -0.2) is 0 Å². The van der Waals surface area contributed by atoms with Crippen molar-refractivity contribution in [2.24, 2.45) is 11.3 Å². The molecule has 0 heterocycles. The summed E-state index contributed by atoms with van der Waals surface area (Å²) in [4.78, 5) is 0. The minimum atomic E-state index is 0.0343. The van der Waals surface area contributed by atoms with Crippen molar-refractivity contribution in [2.45, 2.75) is 52.4 Å². The van der Waals surface area contributed by atoms with Crippen LogP contribution in [0.2, 0.25) is 0 Å². The molecule has 1 aliphatic rings. The molecule has 1 rings (SSSR count). The van der Waals surface area contributed by atoms with Crippen LogP contribution in [0.15, 0.2) is 0 Å². The topological polar surface area (TPSA) is 32.3 Å². The van der Waals surface area contributed by atoms with Crippen LogP contribution >= 0.6 is 0 Å². The summed E-state index contributed by atoms with van der Waals surface area (Å²) >= 11 is 0. The molecular formula is C13H27NO. The van der Waals surface area contributed by atoms with Gasteiger partial charge in [-0.15, -0.1) is 0 Å². The normalized spacial score (nSPS) is 19.4. The summed E-state index contributed by atoms with van der Waals surface area (Å²) in [5.41, 5.74) is 0.0343. The van der Waals surface area contributed by atoms with E-state index >= 15 is 0 Å². The molecule has 1 saturated carbocycles. The first-order valence-corrected chi connectivity index (χ1v) is 6.46. The van der Waals surface area contributed by atoms with Gasteiger partial charge in [0.1, 0.15) is 0 Å². The zero-order chi connectivity index (χ0) is 11.1. The minimum absolute atomic E-state index is 0.0343. The second-order valence-electron chi connectivity index (χ2n) is 5.79. The van der Waals surface area contributed by atoms with Crippen LogP contribution in [-0.2, 0) is 0 Å². The lowest BCUT2D eigenvalue weighted by Crippen LogP contribution is -2.33. The van der Waals surface area contributed by atoms with Crippen molar-refractivity contribution in [3.8, 4) is 0 Å². The standard InChI is InChI=1S/C13H27NO/c1-13(2,11-15)10-14-9-8-12-6-4-3-5-7-12/h12,14-15H,3-11H2,1-2H3. The summed E-state index contributed by atoms with van der Waals surface area (Å²) in [6.07, 6.45) is 8.51. The van der Waals surface area contributed by atoms with Crippen LogP contribution in [0, 0.1) is 11.3 Å². The predicted octanol–water partition coefficient (Wildman–Crippen LogP) is 2.56. The molecule has 0 aromatic carbocycles. The third-order valence-corrected chi connectivity index (χ3v) is 3.49. The maximum Gasteiger partial charge on any atom is 0.0494 e. The first-order chi connectivity index (χ1) is 7.14. The van der Waals surface area contributed by atoms with Gasteiger partial charge in [-0.1, -0.05) is 46.0 Å². The summed E-state index contributed by atoms with van der Waals surface area (Å²) < 4.78 is 0. The van der Waals surface area contributed by atoms with E-state index in [1.807, 2.05) is 0 Å². The first kappa shape index (κ1) is 13.0. The smallest absolute Gasteiger partial charge is 0.0494 e. The molecule has 0 amide bonds. The molecule has 2 heteroatoms. The molecule has 0 unspecified atom stereocenters. The summed E-state index contributed by atoms with van der Waals surface area (Å²) in [6.45, 7) is 6.51. The van der Waals surface area contributed by atoms with Crippen molar-refractivity contribution in [1.82, 2.24) is 5.32 Å². The third-order valence-electron chi connectivity index (χ3n) is 3.49. The van der Waals surface area contributed by atoms with Crippen molar-refractivity contribution in [3.63, 3.8) is 0 Å². The molecule has 0 radical (unpaired) electrons. The van der Waals surface area contributed by atoms with E-state index in [1.165, 1.54) is 38.5 Å². The zero-order valence-electron chi connectivity index (χ0n) is 10.4. The highest BCUT2D eigenvalue weighted by molar-refractivity contribution is 4.71. The molecule has 90 valence electrons. The van der Waals surface area contributed by atoms with Gasteiger partial charge in [-0.05, 0) is 18.9 Å². The molecule has 15 heavy (non-hydrogen) atoms. The van der Waals surface area contributed by atoms with Gasteiger partial charge >= 0.3 is 0 Å². The molecule has 0 saturated heterocycles. The van der Waals surface area contributed by atoms with Crippen LogP contribution in [0.25, 0.3) is 0 Å². The van der Waals surface area contributed by atoms with E-state index < -0.39 is 0 Å². The van der Waals surface area contributed by atoms with E-state index in [4.69, 9.17) is 5.11 Å². The fourth-order valence-corrected chi connectivity index (χ4v) is 2.26. The molecule has 0 aliphatic heterocycles. The highest BCUT2D eigenvalue weighted by atomic mass is 16.3. The largest absolute Gasteiger partial charge is 0.396 e. The average Bonchev–Trinajstić information content (AvgIpc) is 2.26. The molecule has 0 aromatic heterocycles. The van der Waals surface area contributed by atoms with E-state index in [1.54, 1.807) is 0 Å². The summed E-state index contributed by atoms with van der Waals surface area (Å²) in [5.74, 6) is 0.962. The average molecular weight is 213 g/mol. The molecule has 1 aliphatic carbocycles. The van der Waals surface area contributed by atoms with Crippen LogP contribution in [0.4, 0.5) is 0 Å². The van der Waals surface area contributed by atoms with Crippen LogP contribution in [0.1, 0.15) is 52.4 Å². The SMILES string of the molecule is CC(C)(CO)CNCCC1CCCCC1. The monoisotopic (exact) mass is 213 g/mol. The first-order valence-electron chi connectivity index (χ1n) is 6.46. The van der Waals surface area contributed by atoms with E-state index in [0.29, 0.717) is 0 Å². The van der Waals surface area contributed by atoms with Gasteiger partial charge in [0.2, 0.25) is 0 Å². The van der Waals surface area contributed by atoms with E-state index in [2.05, 4.69) is 19.2 Å². The van der Waals surface area contributed by atoms with Gasteiger partial charge in [0, 0.05) is 18.6 Å². The Bertz CT molecular complexity index is 162. The fourth-order valence-electron chi connectivity index (χ4n) is 2.26. The molecule has 0 spiro atoms. The number of hydrogen-bond acceptors (Lipinski definition) is 2. The molecule has 2 nitrogen and oxygen atoms in total. The van der Waals surface area contributed by atoms with Crippen molar-refractivity contribution in [1.29, 1.82) is 0 Å². The van der Waals surface area contributed by atoms with Gasteiger partial charge < -0.3 is 10.4 Å². The highest BCUT2D eigenvalue weighted by Crippen LogP contribution is 2.25. The second kappa shape index (κ2) is 6.49. The Morgan fingerprint density at radius 3 is 2.47 bits per heavy atom. The van der Waals surface area contributed by atoms with Gasteiger partial charge in [0.15, 0.2) is 0 Å². The Balaban J connectivity index is 2.00. The number of rotatable bonds is 6. The van der Waals surface area contributed by atoms with Crippen molar-refractivity contribution < 1.29 is 5.11 Å². The van der Waals surface area contributed by atoms with E-state index in [9.17, 15) is 0 Å². The predicted molar refractivity (Wildman–Crippen MR) is 64.9 cm³/mol. The van der Waals surface area contributed by atoms with Gasteiger partial charge in [-0.2, -0.15) is 0 Å². The second-order valence-corrected chi connectivity index (χ2v) is 5.79. The number of nitrogens with one attached hydrogen (secondary N) is 1. The maximum absolute atomic E-state index is 9.10. The minimum Gasteiger partial charge on any atom is -0.396 e. The summed E-state index contributed by atoms with van der Waals surface area (Å²) in [6, 6.07) is 0. The van der Waals surface area contributed by atoms with Gasteiger partial charge in [0.05, 0.1) is 0 Å². The Hall–Kier alpha value is -0.0800. The lowest BCUT2D eigenvalue weighted by Gasteiger charge is -2.24. The van der Waals surface area contributed by atoms with Crippen LogP contribution in [0.5, 0.6) is 0 Å².